The largest absolute Gasteiger partial charge is 0.208 e. The zero-order valence-corrected chi connectivity index (χ0v) is 2.60. The summed E-state index contributed by atoms with van der Waals surface area (Å²) in [5, 5.41) is 0. The average molecular weight is 55.1 g/mol. The minimum atomic E-state index is 2.00. The highest BCUT2D eigenvalue weighted by Gasteiger charge is 2.10. The highest BCUT2D eigenvalue weighted by atomic mass is 15.1. The minimum Gasteiger partial charge on any atom is -0.103 e. The number of rotatable bonds is 0. The Hall–Kier alpha value is -0.300. The lowest BCUT2D eigenvalue weighted by Gasteiger charge is -1.53. The molecule has 0 aromatic rings. The standard InChI is InChI=1S/C3H5N/c1-4-2-3-4/h2-3H,1H3/q+1. The van der Waals surface area contributed by atoms with E-state index >= 15 is 0 Å². The van der Waals surface area contributed by atoms with Gasteiger partial charge in [0.25, 0.3) is 0 Å². The fourth-order valence-corrected chi connectivity index (χ4v) is 0.0667. The molecular formula is C3H5N+. The lowest BCUT2D eigenvalue weighted by molar-refractivity contribution is 0.962. The molecule has 21 valence electrons. The molecule has 1 heteroatoms. The van der Waals surface area contributed by atoms with Crippen LogP contribution in [0.15, 0.2) is 12.4 Å². The summed E-state index contributed by atoms with van der Waals surface area (Å²) < 4.78 is 0. The molecule has 1 radical (unpaired) electrons. The summed E-state index contributed by atoms with van der Waals surface area (Å²) in [6, 6.07) is 0. The summed E-state index contributed by atoms with van der Waals surface area (Å²) in [4.78, 5) is 2.00. The van der Waals surface area contributed by atoms with E-state index in [1.54, 1.807) is 0 Å². The van der Waals surface area contributed by atoms with E-state index in [2.05, 4.69) is 0 Å². The second-order valence-corrected chi connectivity index (χ2v) is 0.964. The van der Waals surface area contributed by atoms with Gasteiger partial charge in [-0.15, -0.1) is 4.90 Å². The Morgan fingerprint density at radius 2 is 1.75 bits per heavy atom. The lowest BCUT2D eigenvalue weighted by Crippen LogP contribution is -1.83. The normalized spacial score (nSPS) is 22.2. The maximum atomic E-state index is 2.00. The molecule has 0 unspecified atom stereocenters. The second-order valence-electron chi connectivity index (χ2n) is 0.964. The molecular weight excluding hydrogens is 50.0 g/mol. The van der Waals surface area contributed by atoms with E-state index in [0.29, 0.717) is 0 Å². The number of hydrogen-bond donors (Lipinski definition) is 0. The Bertz CT molecular complexity index is 41.2. The first-order chi connectivity index (χ1) is 1.89. The van der Waals surface area contributed by atoms with Crippen molar-refractivity contribution in [3.8, 4) is 0 Å². The van der Waals surface area contributed by atoms with E-state index in [9.17, 15) is 0 Å². The maximum Gasteiger partial charge on any atom is 0.208 e. The molecule has 0 aromatic carbocycles. The summed E-state index contributed by atoms with van der Waals surface area (Å²) in [7, 11) is 2.00. The summed E-state index contributed by atoms with van der Waals surface area (Å²) in [6.45, 7) is 0. The van der Waals surface area contributed by atoms with Crippen molar-refractivity contribution in [3.63, 3.8) is 0 Å². The van der Waals surface area contributed by atoms with Gasteiger partial charge in [-0.2, -0.15) is 0 Å². The highest BCUT2D eigenvalue weighted by molar-refractivity contribution is 5.03. The van der Waals surface area contributed by atoms with Crippen LogP contribution >= 0.6 is 0 Å². The van der Waals surface area contributed by atoms with Crippen LogP contribution in [0.4, 0.5) is 0 Å². The van der Waals surface area contributed by atoms with E-state index in [1.165, 1.54) is 0 Å². The Labute approximate surface area is 25.5 Å². The third kappa shape index (κ3) is 0.114. The molecule has 0 aliphatic carbocycles. The van der Waals surface area contributed by atoms with Gasteiger partial charge in [-0.1, -0.05) is 0 Å². The van der Waals surface area contributed by atoms with Gasteiger partial charge in [0.05, 0.1) is 0 Å². The van der Waals surface area contributed by atoms with E-state index in [4.69, 9.17) is 0 Å². The van der Waals surface area contributed by atoms with Crippen molar-refractivity contribution in [2.45, 2.75) is 0 Å². The van der Waals surface area contributed by atoms with Crippen LogP contribution in [-0.2, 0) is 0 Å². The van der Waals surface area contributed by atoms with Gasteiger partial charge in [-0.05, 0) is 0 Å². The molecule has 0 saturated carbocycles. The van der Waals surface area contributed by atoms with Crippen LogP contribution < -0.4 is 4.90 Å². The van der Waals surface area contributed by atoms with Gasteiger partial charge in [0, 0.05) is 0 Å². The molecule has 0 N–H and O–H groups in total. The number of hydrogen-bond acceptors (Lipinski definition) is 1. The van der Waals surface area contributed by atoms with Crippen molar-refractivity contribution in [3.05, 3.63) is 12.4 Å². The summed E-state index contributed by atoms with van der Waals surface area (Å²) >= 11 is 0. The Kier molecular flexibility index (Phi) is 0.174. The van der Waals surface area contributed by atoms with Crippen LogP contribution in [0.5, 0.6) is 0 Å². The van der Waals surface area contributed by atoms with Crippen LogP contribution in [0, 0.1) is 0 Å². The molecule has 4 heavy (non-hydrogen) atoms. The van der Waals surface area contributed by atoms with E-state index in [-0.39, 0.29) is 0 Å². The molecule has 0 atom stereocenters. The van der Waals surface area contributed by atoms with E-state index in [0.717, 1.165) is 0 Å². The fourth-order valence-electron chi connectivity index (χ4n) is 0.0667. The predicted octanol–water partition coefficient (Wildman–Crippen LogP) is 0.241. The van der Waals surface area contributed by atoms with Crippen molar-refractivity contribution in [1.29, 1.82) is 0 Å². The van der Waals surface area contributed by atoms with Gasteiger partial charge >= 0.3 is 0 Å². The van der Waals surface area contributed by atoms with Crippen molar-refractivity contribution in [1.82, 2.24) is 4.90 Å². The molecule has 0 fully saturated rings. The van der Waals surface area contributed by atoms with Crippen molar-refractivity contribution in [2.24, 2.45) is 0 Å². The third-order valence-electron chi connectivity index (χ3n) is 0.447. The zero-order valence-electron chi connectivity index (χ0n) is 2.60. The molecule has 1 heterocycles. The molecule has 1 aliphatic rings. The SMILES string of the molecule is C[N+]1C=C1. The number of nitrogens with zero attached hydrogens (tertiary/aromatic N) is 1. The highest BCUT2D eigenvalue weighted by Crippen LogP contribution is 1.91. The van der Waals surface area contributed by atoms with E-state index in [1.807, 2.05) is 24.3 Å². The quantitative estimate of drug-likeness (QED) is 0.350. The maximum absolute atomic E-state index is 2.00. The van der Waals surface area contributed by atoms with Gasteiger partial charge in [-0.25, -0.2) is 0 Å². The zero-order chi connectivity index (χ0) is 2.99. The second kappa shape index (κ2) is 0.353. The van der Waals surface area contributed by atoms with Crippen LogP contribution in [0.1, 0.15) is 0 Å². The van der Waals surface area contributed by atoms with Crippen molar-refractivity contribution in [2.75, 3.05) is 7.05 Å². The molecule has 0 amide bonds. The first-order valence-electron chi connectivity index (χ1n) is 1.30. The fraction of sp³-hybridized carbons (Fsp3) is 0.333. The van der Waals surface area contributed by atoms with Crippen molar-refractivity contribution < 1.29 is 0 Å². The van der Waals surface area contributed by atoms with Gasteiger partial charge in [0.1, 0.15) is 7.05 Å². The minimum absolute atomic E-state index is 2.00. The van der Waals surface area contributed by atoms with Crippen LogP contribution in [-0.4, -0.2) is 7.05 Å². The average Bonchev–Trinajstić information content (AvgIpc) is 1.75. The summed E-state index contributed by atoms with van der Waals surface area (Å²) in [5.74, 6) is 0. The lowest BCUT2D eigenvalue weighted by atomic mass is 11.3. The Balaban J connectivity index is 2.32. The Morgan fingerprint density at radius 3 is 1.75 bits per heavy atom. The first kappa shape index (κ1) is 1.97. The topological polar surface area (TPSA) is 5.90 Å². The molecule has 1 nitrogen and oxygen atoms in total. The summed E-state index contributed by atoms with van der Waals surface area (Å²) in [6.07, 6.45) is 4.00. The summed E-state index contributed by atoms with van der Waals surface area (Å²) in [5.41, 5.74) is 0. The first-order valence-corrected chi connectivity index (χ1v) is 1.30. The van der Waals surface area contributed by atoms with Gasteiger partial charge in [0.15, 0.2) is 0 Å². The molecule has 1 rings (SSSR count). The smallest absolute Gasteiger partial charge is 0.103 e. The van der Waals surface area contributed by atoms with Gasteiger partial charge < -0.3 is 0 Å². The van der Waals surface area contributed by atoms with E-state index < -0.39 is 0 Å². The van der Waals surface area contributed by atoms with Crippen LogP contribution in [0.3, 0.4) is 0 Å². The third-order valence-corrected chi connectivity index (χ3v) is 0.447. The molecule has 0 spiro atoms. The van der Waals surface area contributed by atoms with Gasteiger partial charge in [-0.3, -0.25) is 0 Å². The van der Waals surface area contributed by atoms with Crippen LogP contribution in [0.2, 0.25) is 0 Å². The van der Waals surface area contributed by atoms with Crippen LogP contribution in [0.25, 0.3) is 0 Å². The molecule has 0 saturated heterocycles. The predicted molar refractivity (Wildman–Crippen MR) is 17.2 cm³/mol. The molecule has 0 bridgehead atoms. The monoisotopic (exact) mass is 55.0 g/mol. The van der Waals surface area contributed by atoms with Gasteiger partial charge in [0.2, 0.25) is 12.4 Å². The molecule has 0 aromatic heterocycles. The van der Waals surface area contributed by atoms with Crippen molar-refractivity contribution >= 4 is 0 Å². The Morgan fingerprint density at radius 1 is 1.50 bits per heavy atom. The molecule has 1 aliphatic heterocycles.